The molecule has 4 rings (SSSR count). The van der Waals surface area contributed by atoms with Crippen LogP contribution in [0.3, 0.4) is 0 Å². The average molecular weight is 424 g/mol. The van der Waals surface area contributed by atoms with Crippen molar-refractivity contribution in [1.29, 1.82) is 0 Å². The lowest BCUT2D eigenvalue weighted by Gasteiger charge is -2.22. The van der Waals surface area contributed by atoms with Gasteiger partial charge in [-0.05, 0) is 42.5 Å². The van der Waals surface area contributed by atoms with E-state index in [9.17, 15) is 9.59 Å². The van der Waals surface area contributed by atoms with Crippen LogP contribution in [0.4, 0.5) is 10.8 Å². The van der Waals surface area contributed by atoms with Crippen molar-refractivity contribution >= 4 is 51.4 Å². The van der Waals surface area contributed by atoms with Crippen molar-refractivity contribution in [1.82, 2.24) is 9.88 Å². The third-order valence-electron chi connectivity index (χ3n) is 4.83. The summed E-state index contributed by atoms with van der Waals surface area (Å²) in [6.07, 6.45) is 5.35. The summed E-state index contributed by atoms with van der Waals surface area (Å²) < 4.78 is 0. The van der Waals surface area contributed by atoms with Crippen LogP contribution < -0.4 is 4.90 Å². The van der Waals surface area contributed by atoms with Gasteiger partial charge in [-0.1, -0.05) is 24.3 Å². The number of amides is 2. The molecule has 1 fully saturated rings. The molecule has 3 heterocycles. The highest BCUT2D eigenvalue weighted by molar-refractivity contribution is 7.14. The highest BCUT2D eigenvalue weighted by Crippen LogP contribution is 2.35. The van der Waals surface area contributed by atoms with Gasteiger partial charge in [-0.25, -0.2) is 4.98 Å². The lowest BCUT2D eigenvalue weighted by molar-refractivity contribution is -0.126. The minimum absolute atomic E-state index is 0.00179. The van der Waals surface area contributed by atoms with Gasteiger partial charge in [-0.3, -0.25) is 14.5 Å². The topological polar surface area (TPSA) is 53.5 Å². The van der Waals surface area contributed by atoms with Gasteiger partial charge in [0.05, 0.1) is 17.4 Å². The van der Waals surface area contributed by atoms with Gasteiger partial charge in [0.2, 0.25) is 11.8 Å². The van der Waals surface area contributed by atoms with Crippen molar-refractivity contribution in [2.45, 2.75) is 25.8 Å². The van der Waals surface area contributed by atoms with Gasteiger partial charge in [0.25, 0.3) is 0 Å². The zero-order chi connectivity index (χ0) is 20.2. The summed E-state index contributed by atoms with van der Waals surface area (Å²) in [5.41, 5.74) is 1.45. The first-order chi connectivity index (χ1) is 14.1. The van der Waals surface area contributed by atoms with Crippen molar-refractivity contribution in [3.05, 3.63) is 69.9 Å². The first-order valence-corrected chi connectivity index (χ1v) is 11.2. The molecule has 0 radical (unpaired) electrons. The van der Waals surface area contributed by atoms with Gasteiger partial charge < -0.3 is 4.90 Å². The quantitative estimate of drug-likeness (QED) is 0.526. The van der Waals surface area contributed by atoms with E-state index in [1.54, 1.807) is 28.4 Å². The predicted octanol–water partition coefficient (Wildman–Crippen LogP) is 5.27. The second kappa shape index (κ2) is 8.71. The maximum atomic E-state index is 12.7. The molecule has 0 spiro atoms. The van der Waals surface area contributed by atoms with Crippen LogP contribution in [0.1, 0.15) is 36.4 Å². The van der Waals surface area contributed by atoms with Gasteiger partial charge in [0, 0.05) is 29.8 Å². The Morgan fingerprint density at radius 3 is 2.72 bits per heavy atom. The zero-order valence-corrected chi connectivity index (χ0v) is 17.7. The van der Waals surface area contributed by atoms with Crippen LogP contribution in [0, 0.1) is 0 Å². The van der Waals surface area contributed by atoms with Crippen molar-refractivity contribution in [2.75, 3.05) is 11.4 Å². The Bertz CT molecular complexity index is 1010. The smallest absolute Gasteiger partial charge is 0.247 e. The summed E-state index contributed by atoms with van der Waals surface area (Å²) in [4.78, 5) is 34.2. The van der Waals surface area contributed by atoms with E-state index >= 15 is 0 Å². The molecule has 0 N–H and O–H groups in total. The molecular weight excluding hydrogens is 402 g/mol. The number of thiophene rings is 1. The number of carbonyl (C=O) groups is 2. The number of nitrogens with zero attached hydrogens (tertiary/aromatic N) is 3. The van der Waals surface area contributed by atoms with Crippen LogP contribution in [0.5, 0.6) is 0 Å². The van der Waals surface area contributed by atoms with Crippen LogP contribution in [0.15, 0.2) is 59.3 Å². The van der Waals surface area contributed by atoms with Gasteiger partial charge in [-0.15, -0.1) is 22.7 Å². The molecule has 0 saturated carbocycles. The van der Waals surface area contributed by atoms with Crippen LogP contribution in [-0.2, 0) is 9.59 Å². The molecule has 1 aliphatic heterocycles. The number of aromatic nitrogens is 1. The number of hydrogen-bond donors (Lipinski definition) is 0. The Morgan fingerprint density at radius 2 is 2.00 bits per heavy atom. The molecule has 0 aliphatic carbocycles. The van der Waals surface area contributed by atoms with E-state index in [1.165, 1.54) is 23.1 Å². The van der Waals surface area contributed by atoms with Gasteiger partial charge >= 0.3 is 0 Å². The van der Waals surface area contributed by atoms with Crippen molar-refractivity contribution in [3.63, 3.8) is 0 Å². The molecule has 148 valence electrons. The Hall–Kier alpha value is -2.77. The normalized spacial score (nSPS) is 16.4. The van der Waals surface area contributed by atoms with Crippen molar-refractivity contribution in [2.24, 2.45) is 0 Å². The first kappa shape index (κ1) is 19.5. The maximum absolute atomic E-state index is 12.7. The lowest BCUT2D eigenvalue weighted by atomic mass is 10.2. The monoisotopic (exact) mass is 423 g/mol. The minimum atomic E-state index is -0.104. The summed E-state index contributed by atoms with van der Waals surface area (Å²) in [6.45, 7) is 2.30. The van der Waals surface area contributed by atoms with E-state index in [4.69, 9.17) is 0 Å². The van der Waals surface area contributed by atoms with E-state index in [-0.39, 0.29) is 17.9 Å². The Morgan fingerprint density at radius 1 is 1.17 bits per heavy atom. The number of rotatable bonds is 5. The largest absolute Gasteiger partial charge is 0.331 e. The van der Waals surface area contributed by atoms with E-state index in [0.717, 1.165) is 25.1 Å². The molecule has 5 nitrogen and oxygen atoms in total. The molecular formula is C22H21N3O2S2. The van der Waals surface area contributed by atoms with Gasteiger partial charge in [-0.2, -0.15) is 0 Å². The third kappa shape index (κ3) is 4.31. The molecule has 3 aromatic rings. The molecule has 2 amide bonds. The Labute approximate surface area is 177 Å². The highest BCUT2D eigenvalue weighted by Gasteiger charge is 2.29. The molecule has 7 heteroatoms. The Balaban J connectivity index is 1.49. The van der Waals surface area contributed by atoms with Crippen LogP contribution in [0.2, 0.25) is 0 Å². The second-order valence-corrected chi connectivity index (χ2v) is 8.60. The van der Waals surface area contributed by atoms with Crippen molar-refractivity contribution < 1.29 is 9.59 Å². The maximum Gasteiger partial charge on any atom is 0.247 e. The van der Waals surface area contributed by atoms with Gasteiger partial charge in [0.1, 0.15) is 0 Å². The Kier molecular flexibility index (Phi) is 5.87. The zero-order valence-electron chi connectivity index (χ0n) is 16.0. The first-order valence-electron chi connectivity index (χ1n) is 9.47. The molecule has 0 bridgehead atoms. The lowest BCUT2D eigenvalue weighted by Crippen LogP contribution is -2.28. The summed E-state index contributed by atoms with van der Waals surface area (Å²) in [6, 6.07) is 13.7. The summed E-state index contributed by atoms with van der Waals surface area (Å²) in [5, 5.41) is 4.50. The molecule has 1 saturated heterocycles. The van der Waals surface area contributed by atoms with E-state index in [1.807, 2.05) is 46.7 Å². The van der Waals surface area contributed by atoms with E-state index in [0.29, 0.717) is 10.8 Å². The third-order valence-corrected chi connectivity index (χ3v) is 6.65. The number of benzene rings is 1. The predicted molar refractivity (Wildman–Crippen MR) is 118 cm³/mol. The SMILES string of the molecule is CC(=O)N(c1ccccc1)c1nc(C=CC(=O)N2CCCC2c2cccs2)cs1. The summed E-state index contributed by atoms with van der Waals surface area (Å²) >= 11 is 3.08. The number of carbonyl (C=O) groups excluding carboxylic acids is 2. The van der Waals surface area contributed by atoms with E-state index in [2.05, 4.69) is 16.4 Å². The molecule has 1 aromatic carbocycles. The fourth-order valence-corrected chi connectivity index (χ4v) is 5.25. The minimum Gasteiger partial charge on any atom is -0.331 e. The number of likely N-dealkylation sites (tertiary alicyclic amines) is 1. The fourth-order valence-electron chi connectivity index (χ4n) is 3.52. The van der Waals surface area contributed by atoms with Crippen molar-refractivity contribution in [3.8, 4) is 0 Å². The molecule has 1 aliphatic rings. The number of thiazole rings is 1. The van der Waals surface area contributed by atoms with Crippen LogP contribution >= 0.6 is 22.7 Å². The van der Waals surface area contributed by atoms with Gasteiger partial charge in [0.15, 0.2) is 5.13 Å². The summed E-state index contributed by atoms with van der Waals surface area (Å²) in [7, 11) is 0. The fraction of sp³-hybridized carbons (Fsp3) is 0.227. The molecule has 1 atom stereocenters. The van der Waals surface area contributed by atoms with Crippen LogP contribution in [-0.4, -0.2) is 28.2 Å². The second-order valence-electron chi connectivity index (χ2n) is 6.78. The standard InChI is InChI=1S/C22H21N3O2S2/c1-16(26)25(18-7-3-2-4-8-18)22-23-17(15-29-22)11-12-21(27)24-13-5-9-19(24)20-10-6-14-28-20/h2-4,6-8,10-12,14-15,19H,5,9,13H2,1H3. The van der Waals surface area contributed by atoms with E-state index < -0.39 is 0 Å². The average Bonchev–Trinajstić information content (AvgIpc) is 3.47. The number of anilines is 2. The number of para-hydroxylation sites is 1. The highest BCUT2D eigenvalue weighted by atomic mass is 32.1. The molecule has 1 unspecified atom stereocenters. The van der Waals surface area contributed by atoms with Crippen LogP contribution in [0.25, 0.3) is 6.08 Å². The number of hydrogen-bond acceptors (Lipinski definition) is 5. The molecule has 29 heavy (non-hydrogen) atoms. The molecule has 2 aromatic heterocycles. The summed E-state index contributed by atoms with van der Waals surface area (Å²) in [5.74, 6) is -0.102.